The summed E-state index contributed by atoms with van der Waals surface area (Å²) in [6, 6.07) is 1.15. The second-order valence-corrected chi connectivity index (χ2v) is 2.83. The van der Waals surface area contributed by atoms with Crippen molar-refractivity contribution in [3.8, 4) is 0 Å². The van der Waals surface area contributed by atoms with Crippen molar-refractivity contribution >= 4 is 5.97 Å². The highest BCUT2D eigenvalue weighted by Gasteiger charge is 2.15. The van der Waals surface area contributed by atoms with Gasteiger partial charge in [0.1, 0.15) is 0 Å². The highest BCUT2D eigenvalue weighted by molar-refractivity contribution is 5.89. The molecule has 76 valence electrons. The lowest BCUT2D eigenvalue weighted by Crippen LogP contribution is -2.19. The normalized spacial score (nSPS) is 12.4. The van der Waals surface area contributed by atoms with E-state index in [1.165, 1.54) is 19.5 Å². The van der Waals surface area contributed by atoms with Crippen molar-refractivity contribution < 1.29 is 14.6 Å². The summed E-state index contributed by atoms with van der Waals surface area (Å²) in [5.41, 5.74) is 6.39. The number of hydrogen-bond acceptors (Lipinski definition) is 4. The first-order valence-corrected chi connectivity index (χ1v) is 4.08. The number of hydrogen-bond donors (Lipinski definition) is 2. The summed E-state index contributed by atoms with van der Waals surface area (Å²) in [6.07, 6.45) is 2.80. The van der Waals surface area contributed by atoms with Gasteiger partial charge in [0.25, 0.3) is 0 Å². The number of pyridine rings is 1. The maximum atomic E-state index is 10.8. The quantitative estimate of drug-likeness (QED) is 0.729. The van der Waals surface area contributed by atoms with Crippen molar-refractivity contribution in [2.45, 2.75) is 6.04 Å². The number of aromatic carboxylic acids is 1. The molecule has 1 atom stereocenters. The largest absolute Gasteiger partial charge is 0.478 e. The predicted molar refractivity (Wildman–Crippen MR) is 50.0 cm³/mol. The van der Waals surface area contributed by atoms with Crippen LogP contribution in [0, 0.1) is 0 Å². The van der Waals surface area contributed by atoms with Gasteiger partial charge in [-0.2, -0.15) is 0 Å². The van der Waals surface area contributed by atoms with Gasteiger partial charge < -0.3 is 15.6 Å². The average Bonchev–Trinajstić information content (AvgIpc) is 2.18. The molecule has 0 unspecified atom stereocenters. The smallest absolute Gasteiger partial charge is 0.337 e. The molecule has 0 aromatic carbocycles. The van der Waals surface area contributed by atoms with Crippen LogP contribution in [0.2, 0.25) is 0 Å². The SMILES string of the molecule is COC[C@@H](N)c1ccncc1C(=O)O. The summed E-state index contributed by atoms with van der Waals surface area (Å²) < 4.78 is 4.85. The van der Waals surface area contributed by atoms with Crippen molar-refractivity contribution in [2.75, 3.05) is 13.7 Å². The number of carboxylic acids is 1. The Labute approximate surface area is 81.5 Å². The average molecular weight is 196 g/mol. The molecule has 0 amide bonds. The summed E-state index contributed by atoms with van der Waals surface area (Å²) in [5.74, 6) is -1.03. The van der Waals surface area contributed by atoms with Crippen LogP contribution in [-0.4, -0.2) is 29.8 Å². The zero-order chi connectivity index (χ0) is 10.6. The molecule has 1 heterocycles. The number of nitrogens with zero attached hydrogens (tertiary/aromatic N) is 1. The minimum absolute atomic E-state index is 0.122. The van der Waals surface area contributed by atoms with E-state index in [2.05, 4.69) is 4.98 Å². The van der Waals surface area contributed by atoms with Crippen molar-refractivity contribution in [2.24, 2.45) is 5.73 Å². The Hall–Kier alpha value is -1.46. The number of aromatic nitrogens is 1. The molecule has 14 heavy (non-hydrogen) atoms. The molecule has 0 aliphatic rings. The summed E-state index contributed by atoms with van der Waals surface area (Å²) >= 11 is 0. The molecule has 0 radical (unpaired) electrons. The fourth-order valence-electron chi connectivity index (χ4n) is 1.18. The van der Waals surface area contributed by atoms with Gasteiger partial charge in [-0.25, -0.2) is 4.79 Å². The number of methoxy groups -OCH3 is 1. The van der Waals surface area contributed by atoms with Crippen LogP contribution in [0.3, 0.4) is 0 Å². The highest BCUT2D eigenvalue weighted by atomic mass is 16.5. The lowest BCUT2D eigenvalue weighted by atomic mass is 10.0. The fraction of sp³-hybridized carbons (Fsp3) is 0.333. The van der Waals surface area contributed by atoms with Crippen molar-refractivity contribution in [1.82, 2.24) is 4.98 Å². The molecule has 5 heteroatoms. The lowest BCUT2D eigenvalue weighted by Gasteiger charge is -2.12. The molecule has 1 rings (SSSR count). The Balaban J connectivity index is 3.00. The van der Waals surface area contributed by atoms with Gasteiger partial charge in [-0.3, -0.25) is 4.98 Å². The standard InChI is InChI=1S/C9H12N2O3/c1-14-5-8(10)6-2-3-11-4-7(6)9(12)13/h2-4,8H,5,10H2,1H3,(H,12,13)/t8-/m1/s1. The Morgan fingerprint density at radius 3 is 3.07 bits per heavy atom. The Morgan fingerprint density at radius 1 is 1.79 bits per heavy atom. The van der Waals surface area contributed by atoms with Crippen LogP contribution in [0.1, 0.15) is 22.0 Å². The molecule has 1 aromatic heterocycles. The minimum Gasteiger partial charge on any atom is -0.478 e. The monoisotopic (exact) mass is 196 g/mol. The van der Waals surface area contributed by atoms with Gasteiger partial charge in [0.15, 0.2) is 0 Å². The van der Waals surface area contributed by atoms with Gasteiger partial charge in [0.05, 0.1) is 18.2 Å². The number of rotatable bonds is 4. The molecule has 0 fully saturated rings. The first-order valence-electron chi connectivity index (χ1n) is 4.08. The zero-order valence-corrected chi connectivity index (χ0v) is 7.80. The second kappa shape index (κ2) is 4.69. The van der Waals surface area contributed by atoms with E-state index in [1.54, 1.807) is 6.07 Å². The van der Waals surface area contributed by atoms with E-state index < -0.39 is 12.0 Å². The number of nitrogens with two attached hydrogens (primary N) is 1. The molecule has 0 saturated heterocycles. The fourth-order valence-corrected chi connectivity index (χ4v) is 1.18. The van der Waals surface area contributed by atoms with E-state index in [-0.39, 0.29) is 12.2 Å². The van der Waals surface area contributed by atoms with Crippen LogP contribution >= 0.6 is 0 Å². The van der Waals surface area contributed by atoms with Gasteiger partial charge in [0.2, 0.25) is 0 Å². The molecule has 0 aliphatic carbocycles. The summed E-state index contributed by atoms with van der Waals surface area (Å²) in [6.45, 7) is 0.282. The number of carboxylic acid groups (broad SMARTS) is 1. The maximum Gasteiger partial charge on any atom is 0.337 e. The third-order valence-electron chi connectivity index (χ3n) is 1.83. The van der Waals surface area contributed by atoms with Crippen LogP contribution < -0.4 is 5.73 Å². The first kappa shape index (κ1) is 10.6. The molecule has 0 bridgehead atoms. The van der Waals surface area contributed by atoms with E-state index in [0.717, 1.165) is 0 Å². The van der Waals surface area contributed by atoms with Gasteiger partial charge in [-0.1, -0.05) is 0 Å². The molecular weight excluding hydrogens is 184 g/mol. The molecule has 5 nitrogen and oxygen atoms in total. The molecular formula is C9H12N2O3. The van der Waals surface area contributed by atoms with E-state index in [9.17, 15) is 4.79 Å². The molecule has 1 aromatic rings. The zero-order valence-electron chi connectivity index (χ0n) is 7.80. The lowest BCUT2D eigenvalue weighted by molar-refractivity contribution is 0.0693. The van der Waals surface area contributed by atoms with E-state index in [1.807, 2.05) is 0 Å². The number of ether oxygens (including phenoxy) is 1. The molecule has 0 spiro atoms. The minimum atomic E-state index is -1.03. The topological polar surface area (TPSA) is 85.4 Å². The van der Waals surface area contributed by atoms with Crippen LogP contribution in [0.4, 0.5) is 0 Å². The number of carbonyl (C=O) groups is 1. The Morgan fingerprint density at radius 2 is 2.50 bits per heavy atom. The first-order chi connectivity index (χ1) is 6.66. The van der Waals surface area contributed by atoms with Crippen molar-refractivity contribution in [1.29, 1.82) is 0 Å². The van der Waals surface area contributed by atoms with Crippen molar-refractivity contribution in [3.63, 3.8) is 0 Å². The van der Waals surface area contributed by atoms with Crippen LogP contribution in [0.15, 0.2) is 18.5 Å². The summed E-state index contributed by atoms with van der Waals surface area (Å²) in [7, 11) is 1.52. The van der Waals surface area contributed by atoms with Gasteiger partial charge in [0, 0.05) is 19.5 Å². The Bertz CT molecular complexity index is 328. The van der Waals surface area contributed by atoms with E-state index >= 15 is 0 Å². The van der Waals surface area contributed by atoms with E-state index in [4.69, 9.17) is 15.6 Å². The third kappa shape index (κ3) is 2.27. The van der Waals surface area contributed by atoms with Crippen LogP contribution in [0.25, 0.3) is 0 Å². The van der Waals surface area contributed by atoms with Crippen LogP contribution in [-0.2, 0) is 4.74 Å². The molecule has 3 N–H and O–H groups in total. The molecule has 0 saturated carbocycles. The van der Waals surface area contributed by atoms with Crippen molar-refractivity contribution in [3.05, 3.63) is 29.6 Å². The van der Waals surface area contributed by atoms with Gasteiger partial charge in [-0.05, 0) is 11.6 Å². The maximum absolute atomic E-state index is 10.8. The molecule has 0 aliphatic heterocycles. The predicted octanol–water partition coefficient (Wildman–Crippen LogP) is 0.426. The van der Waals surface area contributed by atoms with Crippen LogP contribution in [0.5, 0.6) is 0 Å². The van der Waals surface area contributed by atoms with Gasteiger partial charge >= 0.3 is 5.97 Å². The third-order valence-corrected chi connectivity index (χ3v) is 1.83. The summed E-state index contributed by atoms with van der Waals surface area (Å²) in [5, 5.41) is 8.85. The van der Waals surface area contributed by atoms with E-state index in [0.29, 0.717) is 5.56 Å². The summed E-state index contributed by atoms with van der Waals surface area (Å²) in [4.78, 5) is 14.5. The van der Waals surface area contributed by atoms with Gasteiger partial charge in [-0.15, -0.1) is 0 Å². The second-order valence-electron chi connectivity index (χ2n) is 2.83. The highest BCUT2D eigenvalue weighted by Crippen LogP contribution is 2.14. The Kier molecular flexibility index (Phi) is 3.55.